The summed E-state index contributed by atoms with van der Waals surface area (Å²) in [5.74, 6) is 0. The van der Waals surface area contributed by atoms with Gasteiger partial charge in [-0.05, 0) is 23.8 Å². The van der Waals surface area contributed by atoms with Gasteiger partial charge in [0.1, 0.15) is 6.29 Å². The monoisotopic (exact) mass is 236 g/mol. The number of carbonyl (C=O) groups excluding carboxylic acids is 1. The summed E-state index contributed by atoms with van der Waals surface area (Å²) in [5, 5.41) is 0. The molecular weight excluding hydrogens is 227 g/mol. The van der Waals surface area contributed by atoms with Crippen molar-refractivity contribution in [3.63, 3.8) is 0 Å². The molecule has 0 fully saturated rings. The Bertz CT molecular complexity index is 453. The fourth-order valence-electron chi connectivity index (χ4n) is 0.901. The maximum Gasteiger partial charge on any atom is 1.00 e. The summed E-state index contributed by atoms with van der Waals surface area (Å²) in [6.45, 7) is 0. The van der Waals surface area contributed by atoms with Crippen LogP contribution in [0.3, 0.4) is 0 Å². The number of hydrogen-bond donors (Lipinski definition) is 1. The van der Waals surface area contributed by atoms with Crippen molar-refractivity contribution < 1.29 is 48.7 Å². The van der Waals surface area contributed by atoms with Crippen molar-refractivity contribution in [2.75, 3.05) is 0 Å². The Morgan fingerprint density at radius 3 is 2.13 bits per heavy atom. The normalized spacial score (nSPS) is 11.0. The van der Waals surface area contributed by atoms with Gasteiger partial charge in [0.2, 0.25) is 0 Å². The summed E-state index contributed by atoms with van der Waals surface area (Å²) in [6, 6.07) is 5.51. The van der Waals surface area contributed by atoms with Crippen LogP contribution in [-0.2, 0) is 14.9 Å². The van der Waals surface area contributed by atoms with Crippen molar-refractivity contribution in [1.82, 2.24) is 0 Å². The van der Waals surface area contributed by atoms with Gasteiger partial charge < -0.3 is 1.43 Å². The van der Waals surface area contributed by atoms with Crippen LogP contribution in [0.25, 0.3) is 6.08 Å². The summed E-state index contributed by atoms with van der Waals surface area (Å²) in [5.41, 5.74) is 0.685. The molecule has 0 bridgehead atoms. The maximum atomic E-state index is 10.6. The van der Waals surface area contributed by atoms with E-state index < -0.39 is 10.1 Å². The topological polar surface area (TPSA) is 71.4 Å². The van der Waals surface area contributed by atoms with Gasteiger partial charge in [0.25, 0.3) is 10.1 Å². The zero-order valence-electron chi connectivity index (χ0n) is 9.12. The van der Waals surface area contributed by atoms with Gasteiger partial charge >= 0.3 is 29.6 Å². The van der Waals surface area contributed by atoms with E-state index in [1.54, 1.807) is 0 Å². The second kappa shape index (κ2) is 6.19. The molecule has 1 rings (SSSR count). The molecule has 0 saturated carbocycles. The molecule has 15 heavy (non-hydrogen) atoms. The fraction of sp³-hybridized carbons (Fsp3) is 0. The van der Waals surface area contributed by atoms with Crippen LogP contribution in [0.2, 0.25) is 0 Å². The fourth-order valence-corrected chi connectivity index (χ4v) is 1.38. The van der Waals surface area contributed by atoms with Crippen LogP contribution in [0.15, 0.2) is 35.2 Å². The number of carbonyl (C=O) groups is 1. The van der Waals surface area contributed by atoms with Gasteiger partial charge in [-0.25, -0.2) is 0 Å². The van der Waals surface area contributed by atoms with E-state index in [0.717, 1.165) is 0 Å². The Morgan fingerprint density at radius 1 is 1.20 bits per heavy atom. The Hall–Kier alpha value is -0.460. The van der Waals surface area contributed by atoms with Crippen LogP contribution in [-0.4, -0.2) is 19.3 Å². The molecule has 0 spiro atoms. The minimum Gasteiger partial charge on any atom is -1.00 e. The average Bonchev–Trinajstić information content (AvgIpc) is 2.14. The zero-order valence-corrected chi connectivity index (χ0v) is 10.9. The van der Waals surface area contributed by atoms with Gasteiger partial charge in [-0.15, -0.1) is 0 Å². The molecule has 4 nitrogen and oxygen atoms in total. The van der Waals surface area contributed by atoms with Gasteiger partial charge in [-0.3, -0.25) is 9.35 Å². The van der Waals surface area contributed by atoms with Crippen LogP contribution in [0.5, 0.6) is 0 Å². The summed E-state index contributed by atoms with van der Waals surface area (Å²) < 4.78 is 29.9. The van der Waals surface area contributed by atoms with Crippen molar-refractivity contribution in [3.8, 4) is 0 Å². The van der Waals surface area contributed by atoms with Crippen LogP contribution in [0.1, 0.15) is 6.99 Å². The zero-order chi connectivity index (χ0) is 10.6. The van der Waals surface area contributed by atoms with Gasteiger partial charge in [-0.2, -0.15) is 8.42 Å². The molecule has 0 atom stereocenters. The molecule has 1 aromatic rings. The van der Waals surface area contributed by atoms with E-state index >= 15 is 0 Å². The number of hydrogen-bond acceptors (Lipinski definition) is 3. The van der Waals surface area contributed by atoms with E-state index in [1.165, 1.54) is 36.4 Å². The van der Waals surface area contributed by atoms with Crippen molar-refractivity contribution in [2.45, 2.75) is 4.90 Å². The minimum absolute atomic E-state index is 0. The van der Waals surface area contributed by atoms with Gasteiger partial charge in [0, 0.05) is 0 Å². The third kappa shape index (κ3) is 4.72. The molecular formula is C9H9NaO4S. The maximum absolute atomic E-state index is 10.6. The molecule has 1 aromatic carbocycles. The third-order valence-electron chi connectivity index (χ3n) is 1.55. The number of rotatable bonds is 3. The van der Waals surface area contributed by atoms with Crippen LogP contribution in [0.4, 0.5) is 0 Å². The Balaban J connectivity index is 0. The Morgan fingerprint density at radius 2 is 1.73 bits per heavy atom. The Kier molecular flexibility index (Phi) is 6.00. The number of aldehydes is 1. The molecule has 0 heterocycles. The number of benzene rings is 1. The standard InChI is InChI=1S/C9H8O4S.Na.H/c10-7-1-2-8-3-5-9(6-4-8)14(11,12)13;;/h1-7H,(H,11,12,13);;/q;+1;-1/b2-1+;;. The van der Waals surface area contributed by atoms with Crippen molar-refractivity contribution in [1.29, 1.82) is 0 Å². The summed E-state index contributed by atoms with van der Waals surface area (Å²) in [4.78, 5) is 9.82. The average molecular weight is 236 g/mol. The SMILES string of the molecule is O=C/C=C/c1ccc(S(=O)(=O)O)cc1.[H-].[Na+]. The molecule has 0 unspecified atom stereocenters. The Labute approximate surface area is 112 Å². The largest absolute Gasteiger partial charge is 1.00 e. The van der Waals surface area contributed by atoms with Crippen LogP contribution < -0.4 is 29.6 Å². The predicted molar refractivity (Wildman–Crippen MR) is 52.5 cm³/mol. The molecule has 0 aliphatic carbocycles. The van der Waals surface area contributed by atoms with Crippen LogP contribution in [0, 0.1) is 0 Å². The summed E-state index contributed by atoms with van der Waals surface area (Å²) >= 11 is 0. The first-order valence-corrected chi connectivity index (χ1v) is 5.17. The van der Waals surface area contributed by atoms with Gasteiger partial charge in [-0.1, -0.05) is 18.2 Å². The summed E-state index contributed by atoms with van der Waals surface area (Å²) in [6.07, 6.45) is 3.44. The van der Waals surface area contributed by atoms with E-state index in [1.807, 2.05) is 0 Å². The first kappa shape index (κ1) is 14.5. The molecule has 76 valence electrons. The van der Waals surface area contributed by atoms with E-state index in [2.05, 4.69) is 0 Å². The van der Waals surface area contributed by atoms with Crippen LogP contribution >= 0.6 is 0 Å². The molecule has 6 heteroatoms. The molecule has 0 aliphatic rings. The van der Waals surface area contributed by atoms with E-state index in [4.69, 9.17) is 4.55 Å². The number of allylic oxidation sites excluding steroid dienone is 1. The third-order valence-corrected chi connectivity index (χ3v) is 2.41. The molecule has 0 radical (unpaired) electrons. The molecule has 1 N–H and O–H groups in total. The molecule has 0 amide bonds. The molecule has 0 saturated heterocycles. The van der Waals surface area contributed by atoms with E-state index in [-0.39, 0.29) is 35.9 Å². The first-order chi connectivity index (χ1) is 6.54. The smallest absolute Gasteiger partial charge is 1.00 e. The second-order valence-corrected chi connectivity index (χ2v) is 3.96. The van der Waals surface area contributed by atoms with Crippen molar-refractivity contribution in [2.24, 2.45) is 0 Å². The van der Waals surface area contributed by atoms with Gasteiger partial charge in [0.15, 0.2) is 0 Å². The molecule has 0 aliphatic heterocycles. The predicted octanol–water partition coefficient (Wildman–Crippen LogP) is -1.74. The van der Waals surface area contributed by atoms with E-state index in [0.29, 0.717) is 11.8 Å². The summed E-state index contributed by atoms with van der Waals surface area (Å²) in [7, 11) is -4.13. The van der Waals surface area contributed by atoms with Crippen molar-refractivity contribution in [3.05, 3.63) is 35.9 Å². The quantitative estimate of drug-likeness (QED) is 0.293. The van der Waals surface area contributed by atoms with Gasteiger partial charge in [0.05, 0.1) is 4.90 Å². The minimum atomic E-state index is -4.13. The van der Waals surface area contributed by atoms with Crippen molar-refractivity contribution >= 4 is 22.5 Å². The first-order valence-electron chi connectivity index (χ1n) is 3.73. The van der Waals surface area contributed by atoms with E-state index in [9.17, 15) is 13.2 Å². The second-order valence-electron chi connectivity index (χ2n) is 2.54. The molecule has 0 aromatic heterocycles.